The quantitative estimate of drug-likeness (QED) is 0.667. The number of rotatable bonds is 1. The van der Waals surface area contributed by atoms with Crippen LogP contribution in [0, 0.1) is 6.92 Å². The average Bonchev–Trinajstić information content (AvgIpc) is 2.57. The summed E-state index contributed by atoms with van der Waals surface area (Å²) in [6.45, 7) is 2.04. The molecular formula is C8H7N3S. The smallest absolute Gasteiger partial charge is 0.149 e. The topological polar surface area (TPSA) is 38.7 Å². The van der Waals surface area contributed by atoms with Crippen molar-refractivity contribution < 1.29 is 0 Å². The molecule has 0 aromatic carbocycles. The van der Waals surface area contributed by atoms with E-state index >= 15 is 0 Å². The van der Waals surface area contributed by atoms with E-state index in [9.17, 15) is 0 Å². The van der Waals surface area contributed by atoms with Crippen molar-refractivity contribution in [3.05, 3.63) is 29.5 Å². The number of pyridine rings is 1. The zero-order valence-electron chi connectivity index (χ0n) is 6.56. The molecule has 2 rings (SSSR count). The van der Waals surface area contributed by atoms with Gasteiger partial charge in [0.1, 0.15) is 10.5 Å². The molecule has 4 heteroatoms. The van der Waals surface area contributed by atoms with E-state index in [2.05, 4.69) is 15.2 Å². The normalized spacial score (nSPS) is 10.1. The number of hydrogen-bond donors (Lipinski definition) is 0. The minimum absolute atomic E-state index is 0.931. The SMILES string of the molecule is Cc1ccncc1-c1nncs1. The average molecular weight is 177 g/mol. The highest BCUT2D eigenvalue weighted by atomic mass is 32.1. The predicted octanol–water partition coefficient (Wildman–Crippen LogP) is 1.91. The first kappa shape index (κ1) is 7.36. The van der Waals surface area contributed by atoms with Crippen molar-refractivity contribution in [3.8, 4) is 10.6 Å². The summed E-state index contributed by atoms with van der Waals surface area (Å²) in [4.78, 5) is 4.04. The third-order valence-corrected chi connectivity index (χ3v) is 2.35. The number of nitrogens with zero attached hydrogens (tertiary/aromatic N) is 3. The Kier molecular flexibility index (Phi) is 1.83. The zero-order valence-corrected chi connectivity index (χ0v) is 7.38. The fraction of sp³-hybridized carbons (Fsp3) is 0.125. The lowest BCUT2D eigenvalue weighted by atomic mass is 10.2. The molecule has 0 unspecified atom stereocenters. The maximum atomic E-state index is 4.04. The van der Waals surface area contributed by atoms with Crippen LogP contribution in [0.1, 0.15) is 5.56 Å². The van der Waals surface area contributed by atoms with Gasteiger partial charge in [-0.05, 0) is 18.6 Å². The first-order valence-electron chi connectivity index (χ1n) is 3.55. The standard InChI is InChI=1S/C8H7N3S/c1-6-2-3-9-4-7(6)8-11-10-5-12-8/h2-5H,1H3. The van der Waals surface area contributed by atoms with Gasteiger partial charge in [-0.1, -0.05) is 11.3 Å². The van der Waals surface area contributed by atoms with E-state index in [0.29, 0.717) is 0 Å². The largest absolute Gasteiger partial charge is 0.264 e. The fourth-order valence-electron chi connectivity index (χ4n) is 0.978. The molecule has 0 fully saturated rings. The van der Waals surface area contributed by atoms with Crippen LogP contribution in [0.4, 0.5) is 0 Å². The minimum atomic E-state index is 0.931. The second-order valence-corrected chi connectivity index (χ2v) is 3.27. The van der Waals surface area contributed by atoms with Crippen LogP contribution >= 0.6 is 11.3 Å². The third-order valence-electron chi connectivity index (χ3n) is 1.63. The van der Waals surface area contributed by atoms with E-state index in [1.165, 1.54) is 16.9 Å². The van der Waals surface area contributed by atoms with Gasteiger partial charge in [-0.2, -0.15) is 0 Å². The maximum absolute atomic E-state index is 4.04. The van der Waals surface area contributed by atoms with Crippen LogP contribution in [0.2, 0.25) is 0 Å². The highest BCUT2D eigenvalue weighted by molar-refractivity contribution is 7.12. The first-order chi connectivity index (χ1) is 5.88. The third kappa shape index (κ3) is 1.21. The second kappa shape index (κ2) is 2.98. The number of hydrogen-bond acceptors (Lipinski definition) is 4. The van der Waals surface area contributed by atoms with Crippen LogP contribution in [0.3, 0.4) is 0 Å². The molecule has 0 bridgehead atoms. The van der Waals surface area contributed by atoms with Gasteiger partial charge in [0.25, 0.3) is 0 Å². The van der Waals surface area contributed by atoms with Crippen molar-refractivity contribution in [2.75, 3.05) is 0 Å². The molecule has 3 nitrogen and oxygen atoms in total. The zero-order chi connectivity index (χ0) is 8.39. The lowest BCUT2D eigenvalue weighted by molar-refractivity contribution is 1.09. The van der Waals surface area contributed by atoms with Crippen LogP contribution in [-0.4, -0.2) is 15.2 Å². The van der Waals surface area contributed by atoms with Crippen molar-refractivity contribution in [2.45, 2.75) is 6.92 Å². The molecule has 2 heterocycles. The van der Waals surface area contributed by atoms with E-state index in [1.807, 2.05) is 19.2 Å². The van der Waals surface area contributed by atoms with Crippen LogP contribution in [0.5, 0.6) is 0 Å². The molecule has 60 valence electrons. The minimum Gasteiger partial charge on any atom is -0.264 e. The lowest BCUT2D eigenvalue weighted by Gasteiger charge is -1.97. The predicted molar refractivity (Wildman–Crippen MR) is 47.9 cm³/mol. The fourth-order valence-corrected chi connectivity index (χ4v) is 1.61. The van der Waals surface area contributed by atoms with Crippen LogP contribution in [0.15, 0.2) is 24.0 Å². The molecule has 12 heavy (non-hydrogen) atoms. The van der Waals surface area contributed by atoms with Crippen molar-refractivity contribution in [2.24, 2.45) is 0 Å². The Morgan fingerprint density at radius 1 is 1.42 bits per heavy atom. The Labute approximate surface area is 74.1 Å². The van der Waals surface area contributed by atoms with Gasteiger partial charge in [0.15, 0.2) is 0 Å². The summed E-state index contributed by atoms with van der Waals surface area (Å²) in [6.07, 6.45) is 3.59. The molecule has 0 saturated heterocycles. The van der Waals surface area contributed by atoms with E-state index in [4.69, 9.17) is 0 Å². The molecule has 0 aliphatic rings. The molecule has 0 aliphatic heterocycles. The lowest BCUT2D eigenvalue weighted by Crippen LogP contribution is -1.83. The molecule has 2 aromatic rings. The second-order valence-electron chi connectivity index (χ2n) is 2.43. The van der Waals surface area contributed by atoms with Crippen molar-refractivity contribution in [3.63, 3.8) is 0 Å². The van der Waals surface area contributed by atoms with Gasteiger partial charge in [-0.25, -0.2) is 0 Å². The van der Waals surface area contributed by atoms with Crippen LogP contribution in [0.25, 0.3) is 10.6 Å². The summed E-state index contributed by atoms with van der Waals surface area (Å²) in [6, 6.07) is 1.97. The molecule has 2 aromatic heterocycles. The molecule has 0 spiro atoms. The van der Waals surface area contributed by atoms with E-state index in [-0.39, 0.29) is 0 Å². The monoisotopic (exact) mass is 177 g/mol. The van der Waals surface area contributed by atoms with Crippen LogP contribution in [-0.2, 0) is 0 Å². The van der Waals surface area contributed by atoms with Crippen molar-refractivity contribution in [1.82, 2.24) is 15.2 Å². The molecule has 0 saturated carbocycles. The molecule has 0 amide bonds. The Balaban J connectivity index is 2.55. The summed E-state index contributed by atoms with van der Waals surface area (Å²) in [5.41, 5.74) is 3.98. The summed E-state index contributed by atoms with van der Waals surface area (Å²) < 4.78 is 0. The molecule has 0 radical (unpaired) electrons. The van der Waals surface area contributed by atoms with Crippen molar-refractivity contribution in [1.29, 1.82) is 0 Å². The maximum Gasteiger partial charge on any atom is 0.149 e. The molecule has 0 atom stereocenters. The molecular weight excluding hydrogens is 170 g/mol. The Morgan fingerprint density at radius 3 is 3.00 bits per heavy atom. The van der Waals surface area contributed by atoms with Gasteiger partial charge >= 0.3 is 0 Å². The summed E-state index contributed by atoms with van der Waals surface area (Å²) >= 11 is 1.53. The molecule has 0 N–H and O–H groups in total. The van der Waals surface area contributed by atoms with Gasteiger partial charge in [-0.15, -0.1) is 10.2 Å². The van der Waals surface area contributed by atoms with Crippen LogP contribution < -0.4 is 0 Å². The van der Waals surface area contributed by atoms with Gasteiger partial charge in [0, 0.05) is 18.0 Å². The van der Waals surface area contributed by atoms with Crippen molar-refractivity contribution >= 4 is 11.3 Å². The van der Waals surface area contributed by atoms with E-state index < -0.39 is 0 Å². The van der Waals surface area contributed by atoms with E-state index in [0.717, 1.165) is 10.6 Å². The van der Waals surface area contributed by atoms with Gasteiger partial charge < -0.3 is 0 Å². The number of aromatic nitrogens is 3. The van der Waals surface area contributed by atoms with Gasteiger partial charge in [0.05, 0.1) is 0 Å². The highest BCUT2D eigenvalue weighted by Gasteiger charge is 2.03. The Bertz CT molecular complexity index is 370. The first-order valence-corrected chi connectivity index (χ1v) is 4.43. The van der Waals surface area contributed by atoms with E-state index in [1.54, 1.807) is 11.7 Å². The highest BCUT2D eigenvalue weighted by Crippen LogP contribution is 2.22. The molecule has 0 aliphatic carbocycles. The van der Waals surface area contributed by atoms with Gasteiger partial charge in [-0.3, -0.25) is 4.98 Å². The Morgan fingerprint density at radius 2 is 2.33 bits per heavy atom. The Hall–Kier alpha value is -1.29. The number of aryl methyl sites for hydroxylation is 1. The summed E-state index contributed by atoms with van der Waals surface area (Å²) in [5, 5.41) is 8.69. The summed E-state index contributed by atoms with van der Waals surface area (Å²) in [5.74, 6) is 0. The van der Waals surface area contributed by atoms with Gasteiger partial charge in [0.2, 0.25) is 0 Å². The summed E-state index contributed by atoms with van der Waals surface area (Å²) in [7, 11) is 0.